The minimum atomic E-state index is -0.0459. The smallest absolute Gasteiger partial charge is 0.267 e. The molecular weight excluding hydrogens is 316 g/mol. The van der Waals surface area contributed by atoms with Crippen LogP contribution in [0.2, 0.25) is 0 Å². The van der Waals surface area contributed by atoms with E-state index in [1.807, 2.05) is 29.9 Å². The number of hydrogen-bond donors (Lipinski definition) is 1. The van der Waals surface area contributed by atoms with Crippen molar-refractivity contribution in [1.29, 1.82) is 0 Å². The quantitative estimate of drug-likeness (QED) is 0.907. The molecule has 0 aliphatic carbocycles. The zero-order chi connectivity index (χ0) is 17.8. The van der Waals surface area contributed by atoms with Crippen LogP contribution in [0, 0.1) is 0 Å². The molecule has 1 fully saturated rings. The first kappa shape index (κ1) is 17.5. The summed E-state index contributed by atoms with van der Waals surface area (Å²) in [5.41, 5.74) is 3.07. The third kappa shape index (κ3) is 3.69. The van der Waals surface area contributed by atoms with Crippen molar-refractivity contribution in [2.24, 2.45) is 7.05 Å². The fourth-order valence-electron chi connectivity index (χ4n) is 3.59. The number of amides is 1. The summed E-state index contributed by atoms with van der Waals surface area (Å²) < 4.78 is 7.16. The monoisotopic (exact) mass is 342 g/mol. The van der Waals surface area contributed by atoms with Crippen LogP contribution in [0.15, 0.2) is 30.5 Å². The molecule has 3 rings (SSSR count). The van der Waals surface area contributed by atoms with Crippen LogP contribution in [0.4, 0.5) is 0 Å². The fourth-order valence-corrected chi connectivity index (χ4v) is 3.59. The van der Waals surface area contributed by atoms with Crippen molar-refractivity contribution in [3.05, 3.63) is 47.4 Å². The number of aromatic nitrogens is 2. The van der Waals surface area contributed by atoms with Gasteiger partial charge in [-0.2, -0.15) is 0 Å². The number of pyridine rings is 1. The number of likely N-dealkylation sites (tertiary alicyclic amines) is 1. The number of ether oxygens (including phenoxy) is 1. The number of nitrogens with zero attached hydrogens (tertiary/aromatic N) is 3. The second-order valence-corrected chi connectivity index (χ2v) is 6.47. The van der Waals surface area contributed by atoms with Gasteiger partial charge in [0.2, 0.25) is 5.88 Å². The number of nitrogens with one attached hydrogen (secondary N) is 1. The van der Waals surface area contributed by atoms with E-state index < -0.39 is 0 Å². The minimum Gasteiger partial charge on any atom is -0.481 e. The summed E-state index contributed by atoms with van der Waals surface area (Å²) in [6.07, 6.45) is 5.40. The minimum absolute atomic E-state index is 0.0459. The molecule has 0 radical (unpaired) electrons. The molecule has 6 heteroatoms. The molecule has 1 saturated heterocycles. The third-order valence-electron chi connectivity index (χ3n) is 4.97. The Balaban J connectivity index is 1.81. The zero-order valence-corrected chi connectivity index (χ0v) is 15.2. The Morgan fingerprint density at radius 3 is 2.84 bits per heavy atom. The second kappa shape index (κ2) is 7.70. The van der Waals surface area contributed by atoms with Crippen molar-refractivity contribution < 1.29 is 9.53 Å². The molecule has 3 heterocycles. The van der Waals surface area contributed by atoms with Crippen LogP contribution in [-0.4, -0.2) is 41.1 Å². The number of methoxy groups -OCH3 is 1. The largest absolute Gasteiger partial charge is 0.481 e. The summed E-state index contributed by atoms with van der Waals surface area (Å²) in [4.78, 5) is 18.8. The number of hydrogen-bond acceptors (Lipinski definition) is 4. The third-order valence-corrected chi connectivity index (χ3v) is 4.97. The van der Waals surface area contributed by atoms with E-state index in [0.29, 0.717) is 17.6 Å². The van der Waals surface area contributed by atoms with Gasteiger partial charge in [-0.25, -0.2) is 4.98 Å². The first-order chi connectivity index (χ1) is 12.1. The molecule has 0 bridgehead atoms. The van der Waals surface area contributed by atoms with E-state index in [1.165, 1.54) is 24.1 Å². The molecule has 25 heavy (non-hydrogen) atoms. The molecule has 1 unspecified atom stereocenters. The predicted octanol–water partition coefficient (Wildman–Crippen LogP) is 2.52. The molecule has 1 atom stereocenters. The summed E-state index contributed by atoms with van der Waals surface area (Å²) in [5, 5.41) is 2.71. The van der Waals surface area contributed by atoms with E-state index in [9.17, 15) is 4.79 Å². The standard InChI is InChI=1S/C19H26N4O2/c1-20-19(24)17-9-8-15(22(17)2)16-6-4-5-11-23(16)13-14-7-10-18(25-3)21-12-14/h7-10,12,16H,4-6,11,13H2,1-3H3,(H,20,24). The Labute approximate surface area is 148 Å². The first-order valence-electron chi connectivity index (χ1n) is 8.74. The van der Waals surface area contributed by atoms with Crippen LogP contribution in [0.5, 0.6) is 5.88 Å². The molecule has 1 aliphatic rings. The van der Waals surface area contributed by atoms with Crippen LogP contribution >= 0.6 is 0 Å². The second-order valence-electron chi connectivity index (χ2n) is 6.47. The van der Waals surface area contributed by atoms with Gasteiger partial charge in [0.05, 0.1) is 13.2 Å². The fraction of sp³-hybridized carbons (Fsp3) is 0.474. The van der Waals surface area contributed by atoms with E-state index in [2.05, 4.69) is 27.3 Å². The van der Waals surface area contributed by atoms with Gasteiger partial charge in [0.1, 0.15) is 5.69 Å². The highest BCUT2D eigenvalue weighted by Gasteiger charge is 2.27. The summed E-state index contributed by atoms with van der Waals surface area (Å²) in [6, 6.07) is 8.29. The summed E-state index contributed by atoms with van der Waals surface area (Å²) in [5.74, 6) is 0.590. The van der Waals surface area contributed by atoms with Gasteiger partial charge in [0.15, 0.2) is 0 Å². The van der Waals surface area contributed by atoms with Gasteiger partial charge < -0.3 is 14.6 Å². The summed E-state index contributed by atoms with van der Waals surface area (Å²) in [6.45, 7) is 1.90. The van der Waals surface area contributed by atoms with E-state index in [4.69, 9.17) is 4.74 Å². The molecule has 2 aromatic heterocycles. The average molecular weight is 342 g/mol. The van der Waals surface area contributed by atoms with Crippen molar-refractivity contribution in [2.75, 3.05) is 20.7 Å². The Bertz CT molecular complexity index is 724. The number of piperidine rings is 1. The number of carbonyl (C=O) groups excluding carboxylic acids is 1. The van der Waals surface area contributed by atoms with E-state index in [-0.39, 0.29) is 5.91 Å². The molecule has 6 nitrogen and oxygen atoms in total. The van der Waals surface area contributed by atoms with Crippen molar-refractivity contribution >= 4 is 5.91 Å². The molecule has 134 valence electrons. The predicted molar refractivity (Wildman–Crippen MR) is 96.6 cm³/mol. The number of carbonyl (C=O) groups is 1. The summed E-state index contributed by atoms with van der Waals surface area (Å²) >= 11 is 0. The lowest BCUT2D eigenvalue weighted by atomic mass is 9.98. The summed E-state index contributed by atoms with van der Waals surface area (Å²) in [7, 11) is 5.27. The lowest BCUT2D eigenvalue weighted by Crippen LogP contribution is -2.34. The van der Waals surface area contributed by atoms with Gasteiger partial charge in [0, 0.05) is 38.6 Å². The lowest BCUT2D eigenvalue weighted by molar-refractivity contribution is 0.0952. The maximum atomic E-state index is 12.0. The zero-order valence-electron chi connectivity index (χ0n) is 15.2. The highest BCUT2D eigenvalue weighted by atomic mass is 16.5. The molecule has 2 aromatic rings. The Kier molecular flexibility index (Phi) is 5.38. The maximum Gasteiger partial charge on any atom is 0.267 e. The van der Waals surface area contributed by atoms with Crippen molar-refractivity contribution in [1.82, 2.24) is 19.8 Å². The topological polar surface area (TPSA) is 59.4 Å². The molecule has 1 N–H and O–H groups in total. The van der Waals surface area contributed by atoms with Gasteiger partial charge in [-0.05, 0) is 37.1 Å². The van der Waals surface area contributed by atoms with E-state index in [1.54, 1.807) is 14.2 Å². The van der Waals surface area contributed by atoms with Crippen LogP contribution in [0.25, 0.3) is 0 Å². The molecule has 1 aliphatic heterocycles. The molecule has 0 spiro atoms. The Morgan fingerprint density at radius 2 is 2.16 bits per heavy atom. The van der Waals surface area contributed by atoms with Crippen LogP contribution < -0.4 is 10.1 Å². The molecule has 1 amide bonds. The van der Waals surface area contributed by atoms with Crippen molar-refractivity contribution in [3.63, 3.8) is 0 Å². The van der Waals surface area contributed by atoms with Gasteiger partial charge in [-0.3, -0.25) is 9.69 Å². The molecule has 0 saturated carbocycles. The normalized spacial score (nSPS) is 18.1. The maximum absolute atomic E-state index is 12.0. The van der Waals surface area contributed by atoms with Crippen molar-refractivity contribution in [3.8, 4) is 5.88 Å². The number of rotatable bonds is 5. The average Bonchev–Trinajstić information content (AvgIpc) is 3.03. The highest BCUT2D eigenvalue weighted by Crippen LogP contribution is 2.33. The van der Waals surface area contributed by atoms with Gasteiger partial charge >= 0.3 is 0 Å². The van der Waals surface area contributed by atoms with Gasteiger partial charge in [-0.1, -0.05) is 12.5 Å². The van der Waals surface area contributed by atoms with Crippen LogP contribution in [-0.2, 0) is 13.6 Å². The Hall–Kier alpha value is -2.34. The van der Waals surface area contributed by atoms with Crippen LogP contribution in [0.1, 0.15) is 47.1 Å². The SMILES string of the molecule is CNC(=O)c1ccc(C2CCCCN2Cc2ccc(OC)nc2)n1C. The highest BCUT2D eigenvalue weighted by molar-refractivity contribution is 5.92. The van der Waals surface area contributed by atoms with E-state index in [0.717, 1.165) is 19.5 Å². The van der Waals surface area contributed by atoms with Crippen molar-refractivity contribution in [2.45, 2.75) is 31.8 Å². The molecule has 0 aromatic carbocycles. The lowest BCUT2D eigenvalue weighted by Gasteiger charge is -2.36. The Morgan fingerprint density at radius 1 is 1.32 bits per heavy atom. The van der Waals surface area contributed by atoms with E-state index >= 15 is 0 Å². The van der Waals surface area contributed by atoms with Gasteiger partial charge in [-0.15, -0.1) is 0 Å². The van der Waals surface area contributed by atoms with Gasteiger partial charge in [0.25, 0.3) is 5.91 Å². The molecular formula is C19H26N4O2. The van der Waals surface area contributed by atoms with Crippen LogP contribution in [0.3, 0.4) is 0 Å². The first-order valence-corrected chi connectivity index (χ1v) is 8.74.